The van der Waals surface area contributed by atoms with Crippen LogP contribution in [0.1, 0.15) is 63.5 Å². The Bertz CT molecular complexity index is 524. The molecule has 122 valence electrons. The van der Waals surface area contributed by atoms with Crippen LogP contribution in [0.15, 0.2) is 12.1 Å². The van der Waals surface area contributed by atoms with Crippen LogP contribution >= 0.6 is 0 Å². The third-order valence-electron chi connectivity index (χ3n) is 5.28. The number of hydrogen-bond donors (Lipinski definition) is 1. The first kappa shape index (κ1) is 15.7. The molecule has 0 amide bonds. The van der Waals surface area contributed by atoms with Crippen molar-refractivity contribution in [3.8, 4) is 5.75 Å². The second kappa shape index (κ2) is 6.53. The van der Waals surface area contributed by atoms with E-state index in [1.807, 2.05) is 0 Å². The number of benzene rings is 1. The molecule has 1 aromatic carbocycles. The highest BCUT2D eigenvalue weighted by molar-refractivity contribution is 5.39. The summed E-state index contributed by atoms with van der Waals surface area (Å²) >= 11 is 0. The molecule has 0 aromatic heterocycles. The summed E-state index contributed by atoms with van der Waals surface area (Å²) in [6, 6.07) is 2.48. The Morgan fingerprint density at radius 1 is 1.18 bits per heavy atom. The molecule has 2 nitrogen and oxygen atoms in total. The highest BCUT2D eigenvalue weighted by Gasteiger charge is 2.36. The molecule has 1 heterocycles. The molecule has 1 saturated carbocycles. The van der Waals surface area contributed by atoms with Crippen LogP contribution in [0.4, 0.5) is 8.78 Å². The Labute approximate surface area is 130 Å². The van der Waals surface area contributed by atoms with Gasteiger partial charge in [-0.15, -0.1) is 0 Å². The van der Waals surface area contributed by atoms with E-state index in [0.717, 1.165) is 24.8 Å². The lowest BCUT2D eigenvalue weighted by Gasteiger charge is -2.38. The van der Waals surface area contributed by atoms with E-state index in [2.05, 4.69) is 6.92 Å². The predicted octanol–water partition coefficient (Wildman–Crippen LogP) is 4.76. The first-order chi connectivity index (χ1) is 10.6. The quantitative estimate of drug-likeness (QED) is 0.872. The van der Waals surface area contributed by atoms with Gasteiger partial charge in [0.2, 0.25) is 5.82 Å². The van der Waals surface area contributed by atoms with Crippen LogP contribution in [0, 0.1) is 23.5 Å². The zero-order valence-electron chi connectivity index (χ0n) is 13.0. The van der Waals surface area contributed by atoms with Gasteiger partial charge in [0.05, 0.1) is 6.10 Å². The Hall–Kier alpha value is -1.16. The van der Waals surface area contributed by atoms with Crippen LogP contribution < -0.4 is 4.74 Å². The van der Waals surface area contributed by atoms with Crippen LogP contribution in [0.25, 0.3) is 0 Å². The van der Waals surface area contributed by atoms with Gasteiger partial charge in [0.1, 0.15) is 6.10 Å². The molecule has 2 atom stereocenters. The average Bonchev–Trinajstić information content (AvgIpc) is 2.52. The fraction of sp³-hybridized carbons (Fsp3) is 0.667. The molecule has 1 fully saturated rings. The molecule has 4 heteroatoms. The maximum Gasteiger partial charge on any atom is 0.201 e. The minimum absolute atomic E-state index is 0.0839. The molecule has 3 rings (SSSR count). The topological polar surface area (TPSA) is 29.5 Å². The summed E-state index contributed by atoms with van der Waals surface area (Å²) in [6.45, 7) is 2.21. The lowest BCUT2D eigenvalue weighted by molar-refractivity contribution is 0.0145. The Morgan fingerprint density at radius 2 is 1.91 bits per heavy atom. The van der Waals surface area contributed by atoms with Crippen LogP contribution in [-0.4, -0.2) is 11.2 Å². The van der Waals surface area contributed by atoms with E-state index in [4.69, 9.17) is 4.74 Å². The van der Waals surface area contributed by atoms with Crippen molar-refractivity contribution in [3.05, 3.63) is 29.3 Å². The van der Waals surface area contributed by atoms with E-state index < -0.39 is 17.7 Å². The lowest BCUT2D eigenvalue weighted by atomic mass is 9.76. The van der Waals surface area contributed by atoms with Crippen molar-refractivity contribution in [1.29, 1.82) is 0 Å². The largest absolute Gasteiger partial charge is 0.486 e. The number of aliphatic hydroxyl groups excluding tert-OH is 1. The van der Waals surface area contributed by atoms with E-state index in [-0.39, 0.29) is 11.9 Å². The van der Waals surface area contributed by atoms with Gasteiger partial charge in [0.25, 0.3) is 0 Å². The Kier molecular flexibility index (Phi) is 4.67. The first-order valence-electron chi connectivity index (χ1n) is 8.42. The minimum atomic E-state index is -0.971. The summed E-state index contributed by atoms with van der Waals surface area (Å²) in [6.07, 6.45) is 6.43. The molecule has 0 radical (unpaired) electrons. The fourth-order valence-corrected chi connectivity index (χ4v) is 4.02. The number of hydrogen-bond acceptors (Lipinski definition) is 2. The summed E-state index contributed by atoms with van der Waals surface area (Å²) in [5.74, 6) is -0.853. The smallest absolute Gasteiger partial charge is 0.201 e. The van der Waals surface area contributed by atoms with Gasteiger partial charge in [-0.05, 0) is 36.8 Å². The van der Waals surface area contributed by atoms with E-state index in [9.17, 15) is 13.9 Å². The molecule has 0 spiro atoms. The van der Waals surface area contributed by atoms with Crippen LogP contribution in [-0.2, 0) is 0 Å². The minimum Gasteiger partial charge on any atom is -0.486 e. The van der Waals surface area contributed by atoms with Crippen molar-refractivity contribution in [2.24, 2.45) is 11.8 Å². The summed E-state index contributed by atoms with van der Waals surface area (Å²) in [7, 11) is 0. The average molecular weight is 310 g/mol. The highest BCUT2D eigenvalue weighted by atomic mass is 19.2. The van der Waals surface area contributed by atoms with E-state index in [1.165, 1.54) is 31.7 Å². The zero-order valence-corrected chi connectivity index (χ0v) is 13.0. The van der Waals surface area contributed by atoms with E-state index in [1.54, 1.807) is 0 Å². The number of halogens is 2. The normalized spacial score (nSPS) is 31.5. The zero-order chi connectivity index (χ0) is 15.7. The third-order valence-corrected chi connectivity index (χ3v) is 5.28. The van der Waals surface area contributed by atoms with Crippen molar-refractivity contribution < 1.29 is 18.6 Å². The second-order valence-corrected chi connectivity index (χ2v) is 6.76. The second-order valence-electron chi connectivity index (χ2n) is 6.76. The number of fused-ring (bicyclic) bond motifs is 1. The molecule has 1 aliphatic carbocycles. The summed E-state index contributed by atoms with van der Waals surface area (Å²) < 4.78 is 33.1. The lowest BCUT2D eigenvalue weighted by Crippen LogP contribution is -2.35. The molecular formula is C18H24F2O2. The first-order valence-corrected chi connectivity index (χ1v) is 8.42. The summed E-state index contributed by atoms with van der Waals surface area (Å²) in [4.78, 5) is 0. The van der Waals surface area contributed by atoms with Crippen molar-refractivity contribution >= 4 is 0 Å². The Morgan fingerprint density at radius 3 is 2.59 bits per heavy atom. The molecular weight excluding hydrogens is 286 g/mol. The van der Waals surface area contributed by atoms with Crippen LogP contribution in [0.2, 0.25) is 0 Å². The van der Waals surface area contributed by atoms with Gasteiger partial charge >= 0.3 is 0 Å². The molecule has 0 bridgehead atoms. The van der Waals surface area contributed by atoms with E-state index in [0.29, 0.717) is 17.9 Å². The molecule has 1 aliphatic heterocycles. The van der Waals surface area contributed by atoms with E-state index >= 15 is 0 Å². The summed E-state index contributed by atoms with van der Waals surface area (Å²) in [5.41, 5.74) is 0.370. The molecule has 1 N–H and O–H groups in total. The van der Waals surface area contributed by atoms with Gasteiger partial charge in [-0.3, -0.25) is 0 Å². The van der Waals surface area contributed by atoms with Gasteiger partial charge < -0.3 is 9.84 Å². The molecule has 1 aromatic rings. The monoisotopic (exact) mass is 310 g/mol. The van der Waals surface area contributed by atoms with Gasteiger partial charge in [0.15, 0.2) is 11.6 Å². The van der Waals surface area contributed by atoms with Crippen molar-refractivity contribution in [3.63, 3.8) is 0 Å². The molecule has 22 heavy (non-hydrogen) atoms. The van der Waals surface area contributed by atoms with Crippen molar-refractivity contribution in [2.45, 2.75) is 64.1 Å². The van der Waals surface area contributed by atoms with Gasteiger partial charge in [-0.25, -0.2) is 4.39 Å². The van der Waals surface area contributed by atoms with Crippen LogP contribution in [0.5, 0.6) is 5.75 Å². The maximum atomic E-state index is 13.9. The Balaban J connectivity index is 1.71. The summed E-state index contributed by atoms with van der Waals surface area (Å²) in [5, 5.41) is 10.2. The number of ether oxygens (including phenoxy) is 1. The van der Waals surface area contributed by atoms with Crippen molar-refractivity contribution in [2.75, 3.05) is 0 Å². The van der Waals surface area contributed by atoms with Gasteiger partial charge in [-0.2, -0.15) is 4.39 Å². The fourth-order valence-electron chi connectivity index (χ4n) is 4.02. The van der Waals surface area contributed by atoms with Gasteiger partial charge in [0, 0.05) is 12.0 Å². The molecule has 2 aliphatic rings. The SMILES string of the molecule is CCCC1CCC(C2CC(O)c3ccc(F)c(F)c3O2)CC1. The molecule has 2 unspecified atom stereocenters. The molecule has 0 saturated heterocycles. The van der Waals surface area contributed by atoms with Gasteiger partial charge in [-0.1, -0.05) is 32.6 Å². The number of aliphatic hydroxyl groups is 1. The maximum absolute atomic E-state index is 13.9. The van der Waals surface area contributed by atoms with Crippen molar-refractivity contribution in [1.82, 2.24) is 0 Å². The predicted molar refractivity (Wildman–Crippen MR) is 80.7 cm³/mol. The van der Waals surface area contributed by atoms with Crippen LogP contribution in [0.3, 0.4) is 0 Å². The standard InChI is InChI=1S/C18H24F2O2/c1-2-3-11-4-6-12(7-5-11)16-10-15(21)13-8-9-14(19)17(20)18(13)22-16/h8-9,11-12,15-16,21H,2-7,10H2,1H3. The highest BCUT2D eigenvalue weighted by Crippen LogP contribution is 2.43. The number of rotatable bonds is 3. The third kappa shape index (κ3) is 2.98.